The van der Waals surface area contributed by atoms with Crippen LogP contribution in [0, 0.1) is 5.92 Å². The van der Waals surface area contributed by atoms with E-state index in [1.807, 2.05) is 0 Å². The van der Waals surface area contributed by atoms with Crippen molar-refractivity contribution in [1.82, 2.24) is 0 Å². The predicted molar refractivity (Wildman–Crippen MR) is 212 cm³/mol. The Hall–Kier alpha value is -4.69. The van der Waals surface area contributed by atoms with Crippen molar-refractivity contribution in [2.45, 2.75) is 78.1 Å². The number of amidine groups is 1. The summed E-state index contributed by atoms with van der Waals surface area (Å²) in [7, 11) is 0. The van der Waals surface area contributed by atoms with Crippen molar-refractivity contribution in [1.29, 1.82) is 0 Å². The van der Waals surface area contributed by atoms with Crippen LogP contribution in [-0.4, -0.2) is 12.4 Å². The molecule has 1 heterocycles. The number of para-hydroxylation sites is 1. The maximum Gasteiger partial charge on any atom is 0.137 e. The van der Waals surface area contributed by atoms with Crippen molar-refractivity contribution in [3.8, 4) is 0 Å². The molecule has 0 N–H and O–H groups in total. The van der Waals surface area contributed by atoms with Gasteiger partial charge in [0, 0.05) is 30.1 Å². The highest BCUT2D eigenvalue weighted by Gasteiger charge is 2.31. The number of allylic oxidation sites excluding steroid dienone is 10. The van der Waals surface area contributed by atoms with Crippen LogP contribution in [0.25, 0.3) is 17.3 Å². The molecule has 0 aromatic heterocycles. The first kappa shape index (κ1) is 32.8. The molecule has 49 heavy (non-hydrogen) atoms. The van der Waals surface area contributed by atoms with E-state index in [4.69, 9.17) is 4.99 Å². The van der Waals surface area contributed by atoms with E-state index in [-0.39, 0.29) is 0 Å². The second kappa shape index (κ2) is 15.2. The highest BCUT2D eigenvalue weighted by molar-refractivity contribution is 6.15. The van der Waals surface area contributed by atoms with Gasteiger partial charge in [-0.3, -0.25) is 0 Å². The first-order valence-electron chi connectivity index (χ1n) is 18.6. The molecule has 0 saturated heterocycles. The first-order valence-corrected chi connectivity index (χ1v) is 18.6. The number of rotatable bonds is 9. The van der Waals surface area contributed by atoms with Crippen LogP contribution in [0.5, 0.6) is 0 Å². The molecule has 0 bridgehead atoms. The van der Waals surface area contributed by atoms with Crippen molar-refractivity contribution in [3.63, 3.8) is 0 Å². The van der Waals surface area contributed by atoms with Gasteiger partial charge in [0.2, 0.25) is 0 Å². The van der Waals surface area contributed by atoms with E-state index in [0.717, 1.165) is 50.2 Å². The van der Waals surface area contributed by atoms with E-state index >= 15 is 0 Å². The minimum Gasteiger partial charge on any atom is -0.322 e. The van der Waals surface area contributed by atoms with E-state index in [9.17, 15) is 0 Å². The van der Waals surface area contributed by atoms with Gasteiger partial charge >= 0.3 is 0 Å². The van der Waals surface area contributed by atoms with Crippen LogP contribution in [0.2, 0.25) is 0 Å². The Labute approximate surface area is 294 Å². The molecule has 248 valence electrons. The zero-order valence-electron chi connectivity index (χ0n) is 29.5. The van der Waals surface area contributed by atoms with Crippen molar-refractivity contribution in [3.05, 3.63) is 166 Å². The lowest BCUT2D eigenvalue weighted by atomic mass is 9.89. The monoisotopic (exact) mass is 642 g/mol. The van der Waals surface area contributed by atoms with Crippen LogP contribution in [0.15, 0.2) is 138 Å². The smallest absolute Gasteiger partial charge is 0.137 e. The molecule has 3 aliphatic carbocycles. The van der Waals surface area contributed by atoms with E-state index in [1.165, 1.54) is 75.0 Å². The molecular weight excluding hydrogens is 593 g/mol. The summed E-state index contributed by atoms with van der Waals surface area (Å²) in [6.45, 7) is 7.67. The lowest BCUT2D eigenvalue weighted by Crippen LogP contribution is -2.32. The number of hydrogen-bond donors (Lipinski definition) is 0. The average Bonchev–Trinajstić information content (AvgIpc) is 3.87. The van der Waals surface area contributed by atoms with E-state index < -0.39 is 0 Å². The maximum absolute atomic E-state index is 5.74. The summed E-state index contributed by atoms with van der Waals surface area (Å²) in [5.74, 6) is 2.06. The van der Waals surface area contributed by atoms with Gasteiger partial charge in [-0.2, -0.15) is 0 Å². The second-order valence-corrected chi connectivity index (χ2v) is 14.0. The highest BCUT2D eigenvalue weighted by Crippen LogP contribution is 2.38. The molecule has 0 radical (unpaired) electrons. The van der Waals surface area contributed by atoms with Crippen molar-refractivity contribution < 1.29 is 0 Å². The Balaban J connectivity index is 1.32. The quantitative estimate of drug-likeness (QED) is 0.167. The van der Waals surface area contributed by atoms with Crippen LogP contribution < -0.4 is 4.90 Å². The molecule has 7 rings (SSSR count). The van der Waals surface area contributed by atoms with Gasteiger partial charge in [-0.15, -0.1) is 0 Å². The highest BCUT2D eigenvalue weighted by atomic mass is 15.2. The standard InChI is InChI=1S/C47H50N2/c1-4-6-17-35(5-2)38-23-15-24-43(33-38)46(37-20-11-8-12-21-37)48-47(44-30-34(44)3)49-29-16-25-39-31-40(36-18-9-7-10-19-36)27-28-41(39)32-42-22-13-14-26-45(42)49/h8-9,11-16,18-20,22-28,30-31,33-35H,4-7,10,17,21,29,32H2,1-3H3/b25-16-,46-37-,48-47+. The molecule has 2 heteroatoms. The largest absolute Gasteiger partial charge is 0.322 e. The lowest BCUT2D eigenvalue weighted by molar-refractivity contribution is 0.569. The lowest BCUT2D eigenvalue weighted by Gasteiger charge is -2.27. The Bertz CT molecular complexity index is 1940. The second-order valence-electron chi connectivity index (χ2n) is 14.0. The SMILES string of the molecule is CCCCC(CC)c1cccc(C(/N=C(\C2=CC2C)N2C/C=C\c3cc(C4=CCCC=C4)ccc3Cc3ccccc32)=C2\C=CC=CC2)c1. The van der Waals surface area contributed by atoms with Gasteiger partial charge in [0.15, 0.2) is 0 Å². The van der Waals surface area contributed by atoms with Crippen LogP contribution >= 0.6 is 0 Å². The molecule has 4 aliphatic rings. The number of anilines is 1. The third-order valence-electron chi connectivity index (χ3n) is 10.5. The minimum atomic E-state index is 0.414. The number of unbranched alkanes of at least 4 members (excludes halogenated alkanes) is 1. The molecule has 0 amide bonds. The molecule has 0 spiro atoms. The molecule has 2 unspecified atom stereocenters. The average molecular weight is 643 g/mol. The van der Waals surface area contributed by atoms with Crippen molar-refractivity contribution >= 4 is 28.9 Å². The Morgan fingerprint density at radius 2 is 1.78 bits per heavy atom. The van der Waals surface area contributed by atoms with E-state index in [2.05, 4.69) is 153 Å². The van der Waals surface area contributed by atoms with Gasteiger partial charge in [0.25, 0.3) is 0 Å². The summed E-state index contributed by atoms with van der Waals surface area (Å²) in [6, 6.07) is 25.3. The Morgan fingerprint density at radius 3 is 2.55 bits per heavy atom. The van der Waals surface area contributed by atoms with E-state index in [0.29, 0.717) is 11.8 Å². The van der Waals surface area contributed by atoms with Crippen LogP contribution in [0.3, 0.4) is 0 Å². The van der Waals surface area contributed by atoms with Crippen LogP contribution in [0.1, 0.15) is 105 Å². The Kier molecular flexibility index (Phi) is 10.2. The Morgan fingerprint density at radius 1 is 0.878 bits per heavy atom. The van der Waals surface area contributed by atoms with Crippen LogP contribution in [-0.2, 0) is 6.42 Å². The van der Waals surface area contributed by atoms with Gasteiger partial charge in [0.1, 0.15) is 5.84 Å². The molecule has 1 aliphatic heterocycles. The van der Waals surface area contributed by atoms with Crippen molar-refractivity contribution in [2.24, 2.45) is 10.9 Å². The van der Waals surface area contributed by atoms with Crippen molar-refractivity contribution in [2.75, 3.05) is 11.4 Å². The summed E-state index contributed by atoms with van der Waals surface area (Å²) < 4.78 is 0. The zero-order chi connectivity index (χ0) is 33.6. The summed E-state index contributed by atoms with van der Waals surface area (Å²) in [5.41, 5.74) is 14.2. The molecule has 2 nitrogen and oxygen atoms in total. The first-order chi connectivity index (χ1) is 24.1. The normalized spacial score (nSPS) is 20.7. The number of fused-ring (bicyclic) bond motifs is 2. The molecule has 0 saturated carbocycles. The third kappa shape index (κ3) is 7.49. The van der Waals surface area contributed by atoms with Gasteiger partial charge in [-0.25, -0.2) is 4.99 Å². The number of aliphatic imine (C=N–C) groups is 1. The number of benzene rings is 3. The predicted octanol–water partition coefficient (Wildman–Crippen LogP) is 12.4. The van der Waals surface area contributed by atoms with Gasteiger partial charge in [0.05, 0.1) is 5.70 Å². The topological polar surface area (TPSA) is 15.6 Å². The number of hydrogen-bond acceptors (Lipinski definition) is 1. The fourth-order valence-electron chi connectivity index (χ4n) is 7.52. The molecule has 3 aromatic carbocycles. The minimum absolute atomic E-state index is 0.414. The fourth-order valence-corrected chi connectivity index (χ4v) is 7.52. The number of nitrogens with zero attached hydrogens (tertiary/aromatic N) is 2. The maximum atomic E-state index is 5.74. The van der Waals surface area contributed by atoms with Crippen LogP contribution in [0.4, 0.5) is 5.69 Å². The summed E-state index contributed by atoms with van der Waals surface area (Å²) in [6.07, 6.45) is 31.7. The molecule has 3 aromatic rings. The summed E-state index contributed by atoms with van der Waals surface area (Å²) >= 11 is 0. The molecule has 0 fully saturated rings. The van der Waals surface area contributed by atoms with Gasteiger partial charge < -0.3 is 4.90 Å². The zero-order valence-corrected chi connectivity index (χ0v) is 29.5. The third-order valence-corrected chi connectivity index (χ3v) is 10.5. The molecular formula is C47H50N2. The van der Waals surface area contributed by atoms with Gasteiger partial charge in [-0.1, -0.05) is 143 Å². The van der Waals surface area contributed by atoms with E-state index in [1.54, 1.807) is 0 Å². The van der Waals surface area contributed by atoms with Gasteiger partial charge in [-0.05, 0) is 101 Å². The summed E-state index contributed by atoms with van der Waals surface area (Å²) in [5, 5.41) is 0. The fraction of sp³-hybridized carbons (Fsp3) is 0.298. The molecule has 2 atom stereocenters. The summed E-state index contributed by atoms with van der Waals surface area (Å²) in [4.78, 5) is 8.22.